The van der Waals surface area contributed by atoms with E-state index in [0.29, 0.717) is 20.8 Å². The van der Waals surface area contributed by atoms with Gasteiger partial charge < -0.3 is 4.74 Å². The Balaban J connectivity index is 2.24. The van der Waals surface area contributed by atoms with E-state index in [2.05, 4.69) is 10.5 Å². The Labute approximate surface area is 138 Å². The molecule has 0 aliphatic rings. The molecule has 2 aromatic rings. The van der Waals surface area contributed by atoms with Crippen LogP contribution in [0.25, 0.3) is 0 Å². The maximum Gasteiger partial charge on any atom is 0.119 e. The van der Waals surface area contributed by atoms with Crippen LogP contribution in [0.5, 0.6) is 5.75 Å². The zero-order valence-corrected chi connectivity index (χ0v) is 13.7. The maximum atomic E-state index is 6.09. The Morgan fingerprint density at radius 1 is 1.10 bits per heavy atom. The van der Waals surface area contributed by atoms with E-state index in [-0.39, 0.29) is 0 Å². The number of methoxy groups -OCH3 is 1. The monoisotopic (exact) mass is 342 g/mol. The fraction of sp³-hybridized carbons (Fsp3) is 0.133. The van der Waals surface area contributed by atoms with E-state index in [4.69, 9.17) is 39.5 Å². The van der Waals surface area contributed by atoms with E-state index < -0.39 is 0 Å². The second-order valence-electron chi connectivity index (χ2n) is 4.29. The standard InChI is InChI=1S/C15H13Cl3N2O/c1-9(10-4-3-5-12(6-10)21-2)19-20-15-13(17)7-11(16)8-14(15)18/h3-8,20H,1-2H3/b19-9-. The molecule has 2 rings (SSSR count). The van der Waals surface area contributed by atoms with Crippen molar-refractivity contribution in [2.45, 2.75) is 6.92 Å². The molecule has 0 saturated heterocycles. The average molecular weight is 344 g/mol. The number of hydrazone groups is 1. The molecule has 0 saturated carbocycles. The molecule has 0 spiro atoms. The molecule has 0 amide bonds. The van der Waals surface area contributed by atoms with Gasteiger partial charge in [0.05, 0.1) is 28.6 Å². The largest absolute Gasteiger partial charge is 0.497 e. The third-order valence-corrected chi connectivity index (χ3v) is 3.64. The van der Waals surface area contributed by atoms with Crippen molar-refractivity contribution in [1.82, 2.24) is 0 Å². The van der Waals surface area contributed by atoms with Gasteiger partial charge in [-0.05, 0) is 31.2 Å². The van der Waals surface area contributed by atoms with E-state index >= 15 is 0 Å². The number of hydrogen-bond acceptors (Lipinski definition) is 3. The number of benzene rings is 2. The zero-order chi connectivity index (χ0) is 15.4. The van der Waals surface area contributed by atoms with Crippen molar-refractivity contribution in [1.29, 1.82) is 0 Å². The highest BCUT2D eigenvalue weighted by Gasteiger charge is 2.07. The number of ether oxygens (including phenoxy) is 1. The minimum absolute atomic E-state index is 0.412. The third kappa shape index (κ3) is 4.03. The number of anilines is 1. The first kappa shape index (κ1) is 16.0. The maximum absolute atomic E-state index is 6.09. The van der Waals surface area contributed by atoms with Crippen LogP contribution in [-0.2, 0) is 0 Å². The number of rotatable bonds is 4. The molecule has 0 unspecified atom stereocenters. The molecule has 1 N–H and O–H groups in total. The second-order valence-corrected chi connectivity index (χ2v) is 5.54. The second kappa shape index (κ2) is 7.03. The van der Waals surface area contributed by atoms with Gasteiger partial charge in [-0.3, -0.25) is 5.43 Å². The SMILES string of the molecule is COc1cccc(/C(C)=N\Nc2c(Cl)cc(Cl)cc2Cl)c1. The zero-order valence-electron chi connectivity index (χ0n) is 11.5. The van der Waals surface area contributed by atoms with Crippen molar-refractivity contribution < 1.29 is 4.74 Å². The summed E-state index contributed by atoms with van der Waals surface area (Å²) < 4.78 is 5.19. The Morgan fingerprint density at radius 2 is 1.76 bits per heavy atom. The summed E-state index contributed by atoms with van der Waals surface area (Å²) >= 11 is 18.1. The number of nitrogens with one attached hydrogen (secondary N) is 1. The van der Waals surface area contributed by atoms with Crippen molar-refractivity contribution in [2.24, 2.45) is 5.10 Å². The first-order valence-electron chi connectivity index (χ1n) is 6.10. The van der Waals surface area contributed by atoms with Gasteiger partial charge >= 0.3 is 0 Å². The molecule has 0 aromatic heterocycles. The molecule has 0 aliphatic carbocycles. The minimum atomic E-state index is 0.412. The van der Waals surface area contributed by atoms with Crippen LogP contribution in [0.4, 0.5) is 5.69 Å². The summed E-state index contributed by atoms with van der Waals surface area (Å²) in [5, 5.41) is 5.59. The molecule has 0 fully saturated rings. The molecule has 2 aromatic carbocycles. The lowest BCUT2D eigenvalue weighted by Gasteiger charge is -2.09. The average Bonchev–Trinajstić information content (AvgIpc) is 2.46. The molecule has 0 heterocycles. The summed E-state index contributed by atoms with van der Waals surface area (Å²) in [7, 11) is 1.62. The topological polar surface area (TPSA) is 33.6 Å². The predicted molar refractivity (Wildman–Crippen MR) is 90.3 cm³/mol. The summed E-state index contributed by atoms with van der Waals surface area (Å²) in [6, 6.07) is 10.8. The summed E-state index contributed by atoms with van der Waals surface area (Å²) in [5.74, 6) is 0.768. The van der Waals surface area contributed by atoms with Gasteiger partial charge in [0.2, 0.25) is 0 Å². The van der Waals surface area contributed by atoms with Crippen LogP contribution < -0.4 is 10.2 Å². The van der Waals surface area contributed by atoms with Crippen molar-refractivity contribution in [3.63, 3.8) is 0 Å². The summed E-state index contributed by atoms with van der Waals surface area (Å²) in [6.07, 6.45) is 0. The van der Waals surface area contributed by atoms with Crippen LogP contribution >= 0.6 is 34.8 Å². The van der Waals surface area contributed by atoms with Crippen LogP contribution in [0, 0.1) is 0 Å². The van der Waals surface area contributed by atoms with Gasteiger partial charge in [-0.1, -0.05) is 46.9 Å². The Kier molecular flexibility index (Phi) is 5.34. The molecule has 0 radical (unpaired) electrons. The van der Waals surface area contributed by atoms with Crippen LogP contribution in [0.15, 0.2) is 41.5 Å². The molecule has 6 heteroatoms. The molecular weight excluding hydrogens is 331 g/mol. The normalized spacial score (nSPS) is 11.4. The molecular formula is C15H13Cl3N2O. The molecule has 110 valence electrons. The Hall–Kier alpha value is -1.42. The van der Waals surface area contributed by atoms with Gasteiger partial charge in [-0.15, -0.1) is 0 Å². The van der Waals surface area contributed by atoms with Crippen LogP contribution in [0.2, 0.25) is 15.1 Å². The highest BCUT2D eigenvalue weighted by molar-refractivity contribution is 6.41. The number of nitrogens with zero attached hydrogens (tertiary/aromatic N) is 1. The lowest BCUT2D eigenvalue weighted by atomic mass is 10.1. The fourth-order valence-electron chi connectivity index (χ4n) is 1.70. The van der Waals surface area contributed by atoms with E-state index in [1.807, 2.05) is 31.2 Å². The first-order valence-corrected chi connectivity index (χ1v) is 7.24. The lowest BCUT2D eigenvalue weighted by Crippen LogP contribution is -2.01. The quantitative estimate of drug-likeness (QED) is 0.588. The van der Waals surface area contributed by atoms with Crippen molar-refractivity contribution in [3.05, 3.63) is 57.0 Å². The summed E-state index contributed by atoms with van der Waals surface area (Å²) in [4.78, 5) is 0. The highest BCUT2D eigenvalue weighted by Crippen LogP contribution is 2.33. The smallest absolute Gasteiger partial charge is 0.119 e. The van der Waals surface area contributed by atoms with E-state index in [1.54, 1.807) is 19.2 Å². The van der Waals surface area contributed by atoms with Crippen molar-refractivity contribution in [2.75, 3.05) is 12.5 Å². The molecule has 0 bridgehead atoms. The minimum Gasteiger partial charge on any atom is -0.497 e. The Bertz CT molecular complexity index is 663. The van der Waals surface area contributed by atoms with Gasteiger partial charge in [0, 0.05) is 10.6 Å². The fourth-order valence-corrected chi connectivity index (χ4v) is 2.60. The van der Waals surface area contributed by atoms with Gasteiger partial charge in [-0.2, -0.15) is 5.10 Å². The third-order valence-electron chi connectivity index (χ3n) is 2.83. The first-order chi connectivity index (χ1) is 10.0. The van der Waals surface area contributed by atoms with Crippen LogP contribution in [0.1, 0.15) is 12.5 Å². The van der Waals surface area contributed by atoms with Crippen molar-refractivity contribution in [3.8, 4) is 5.75 Å². The van der Waals surface area contributed by atoms with Gasteiger partial charge in [-0.25, -0.2) is 0 Å². The predicted octanol–water partition coefficient (Wildman–Crippen LogP) is 5.49. The highest BCUT2D eigenvalue weighted by atomic mass is 35.5. The number of halogens is 3. The lowest BCUT2D eigenvalue weighted by molar-refractivity contribution is 0.414. The molecule has 0 atom stereocenters. The van der Waals surface area contributed by atoms with Crippen LogP contribution in [-0.4, -0.2) is 12.8 Å². The van der Waals surface area contributed by atoms with Crippen molar-refractivity contribution >= 4 is 46.2 Å². The summed E-state index contributed by atoms with van der Waals surface area (Å²) in [5.41, 5.74) is 5.09. The van der Waals surface area contributed by atoms with E-state index in [0.717, 1.165) is 17.0 Å². The Morgan fingerprint density at radius 3 is 2.38 bits per heavy atom. The van der Waals surface area contributed by atoms with Crippen LogP contribution in [0.3, 0.4) is 0 Å². The molecule has 3 nitrogen and oxygen atoms in total. The van der Waals surface area contributed by atoms with E-state index in [9.17, 15) is 0 Å². The van der Waals surface area contributed by atoms with E-state index in [1.165, 1.54) is 0 Å². The molecule has 0 aliphatic heterocycles. The van der Waals surface area contributed by atoms with Gasteiger partial charge in [0.25, 0.3) is 0 Å². The summed E-state index contributed by atoms with van der Waals surface area (Å²) in [6.45, 7) is 1.87. The van der Waals surface area contributed by atoms with Gasteiger partial charge in [0.1, 0.15) is 5.75 Å². The number of hydrogen-bond donors (Lipinski definition) is 1. The molecule has 21 heavy (non-hydrogen) atoms. The van der Waals surface area contributed by atoms with Gasteiger partial charge in [0.15, 0.2) is 0 Å².